The van der Waals surface area contributed by atoms with Gasteiger partial charge in [0.25, 0.3) is 0 Å². The van der Waals surface area contributed by atoms with E-state index in [1.165, 1.54) is 31.4 Å². The van der Waals surface area contributed by atoms with Crippen molar-refractivity contribution in [3.63, 3.8) is 0 Å². The van der Waals surface area contributed by atoms with E-state index in [1.54, 1.807) is 41.8 Å². The first-order valence-corrected chi connectivity index (χ1v) is 12.7. The van der Waals surface area contributed by atoms with Crippen molar-refractivity contribution in [2.45, 2.75) is 14.4 Å². The van der Waals surface area contributed by atoms with Gasteiger partial charge in [0.1, 0.15) is 15.2 Å². The van der Waals surface area contributed by atoms with Crippen LogP contribution >= 0.6 is 22.9 Å². The van der Waals surface area contributed by atoms with Crippen molar-refractivity contribution < 1.29 is 21.6 Å². The quantitative estimate of drug-likeness (QED) is 0.538. The first-order valence-electron chi connectivity index (χ1n) is 8.41. The summed E-state index contributed by atoms with van der Waals surface area (Å²) in [6.45, 7) is -0.323. The van der Waals surface area contributed by atoms with Crippen LogP contribution in [0.2, 0.25) is 5.02 Å². The average Bonchev–Trinajstić information content (AvgIpc) is 3.24. The lowest BCUT2D eigenvalue weighted by molar-refractivity contribution is 0.414. The van der Waals surface area contributed by atoms with E-state index in [0.717, 1.165) is 11.3 Å². The molecule has 0 aliphatic heterocycles. The molecule has 0 aliphatic carbocycles. The molecular weight excluding hydrogens is 454 g/mol. The minimum absolute atomic E-state index is 0.0800. The molecule has 3 rings (SSSR count). The van der Waals surface area contributed by atoms with Crippen molar-refractivity contribution in [2.75, 3.05) is 13.7 Å². The lowest BCUT2D eigenvalue weighted by Gasteiger charge is -2.18. The number of nitrogens with one attached hydrogen (secondary N) is 1. The summed E-state index contributed by atoms with van der Waals surface area (Å²) < 4.78 is 59.3. The Morgan fingerprint density at radius 1 is 1.03 bits per heavy atom. The minimum Gasteiger partial charge on any atom is -0.495 e. The molecule has 1 heterocycles. The Bertz CT molecular complexity index is 1180. The number of hydrogen-bond acceptors (Lipinski definition) is 6. The van der Waals surface area contributed by atoms with Gasteiger partial charge in [0.05, 0.1) is 17.0 Å². The van der Waals surface area contributed by atoms with Gasteiger partial charge >= 0.3 is 0 Å². The molecule has 1 N–H and O–H groups in total. The Morgan fingerprint density at radius 3 is 2.34 bits per heavy atom. The third-order valence-electron chi connectivity index (χ3n) is 4.21. The van der Waals surface area contributed by atoms with Gasteiger partial charge in [-0.2, -0.15) is 0 Å². The molecule has 3 aromatic rings. The third kappa shape index (κ3) is 4.81. The summed E-state index contributed by atoms with van der Waals surface area (Å²) in [5.41, 5.74) is 0.497. The van der Waals surface area contributed by atoms with E-state index in [1.807, 2.05) is 0 Å². The summed E-state index contributed by atoms with van der Waals surface area (Å²) in [6, 6.07) is 15.7. The van der Waals surface area contributed by atoms with Gasteiger partial charge in [0, 0.05) is 6.54 Å². The van der Waals surface area contributed by atoms with Crippen LogP contribution in [-0.4, -0.2) is 30.5 Å². The Morgan fingerprint density at radius 2 is 1.76 bits per heavy atom. The fraction of sp³-hybridized carbons (Fsp3) is 0.158. The van der Waals surface area contributed by atoms with Gasteiger partial charge in [-0.3, -0.25) is 0 Å². The van der Waals surface area contributed by atoms with Gasteiger partial charge in [0.15, 0.2) is 9.84 Å². The van der Waals surface area contributed by atoms with Crippen LogP contribution < -0.4 is 9.46 Å². The Hall–Kier alpha value is -1.91. The highest BCUT2D eigenvalue weighted by atomic mass is 35.5. The van der Waals surface area contributed by atoms with Crippen molar-refractivity contribution >= 4 is 42.8 Å². The molecule has 0 fully saturated rings. The summed E-state index contributed by atoms with van der Waals surface area (Å²) in [4.78, 5) is -0.0800. The smallest absolute Gasteiger partial charge is 0.240 e. The fourth-order valence-electron chi connectivity index (χ4n) is 2.72. The number of thiophene rings is 1. The predicted molar refractivity (Wildman–Crippen MR) is 114 cm³/mol. The Balaban J connectivity index is 1.92. The normalized spacial score (nSPS) is 13.2. The second-order valence-corrected chi connectivity index (χ2v) is 11.5. The predicted octanol–water partition coefficient (Wildman–Crippen LogP) is 3.90. The number of sulfonamides is 1. The van der Waals surface area contributed by atoms with Crippen LogP contribution in [0.25, 0.3) is 0 Å². The fourth-order valence-corrected chi connectivity index (χ4v) is 7.09. The number of rotatable bonds is 8. The zero-order valence-corrected chi connectivity index (χ0v) is 18.5. The van der Waals surface area contributed by atoms with Crippen LogP contribution in [0.4, 0.5) is 0 Å². The first kappa shape index (κ1) is 21.8. The minimum atomic E-state index is -3.99. The SMILES string of the molecule is COc1ccc(S(=O)(=O)NCC(c2ccccc2)S(=O)(=O)c2cccs2)cc1Cl. The lowest BCUT2D eigenvalue weighted by atomic mass is 10.1. The van der Waals surface area contributed by atoms with E-state index in [9.17, 15) is 16.8 Å². The molecule has 1 atom stereocenters. The molecule has 0 aliphatic rings. The van der Waals surface area contributed by atoms with Gasteiger partial charge in [-0.25, -0.2) is 21.6 Å². The molecule has 0 amide bonds. The maximum atomic E-state index is 13.1. The summed E-state index contributed by atoms with van der Waals surface area (Å²) in [6.07, 6.45) is 0. The number of methoxy groups -OCH3 is 1. The lowest BCUT2D eigenvalue weighted by Crippen LogP contribution is -2.31. The third-order valence-corrected chi connectivity index (χ3v) is 9.46. The van der Waals surface area contributed by atoms with E-state index in [0.29, 0.717) is 11.3 Å². The zero-order valence-electron chi connectivity index (χ0n) is 15.3. The molecule has 1 unspecified atom stereocenters. The molecule has 0 spiro atoms. The molecule has 29 heavy (non-hydrogen) atoms. The van der Waals surface area contributed by atoms with Gasteiger partial charge in [0.2, 0.25) is 10.0 Å². The summed E-state index contributed by atoms with van der Waals surface area (Å²) in [7, 11) is -6.36. The van der Waals surface area contributed by atoms with Crippen molar-refractivity contribution in [2.24, 2.45) is 0 Å². The van der Waals surface area contributed by atoms with Crippen LogP contribution in [-0.2, 0) is 19.9 Å². The van der Waals surface area contributed by atoms with E-state index in [4.69, 9.17) is 16.3 Å². The first-order chi connectivity index (χ1) is 13.8. The van der Waals surface area contributed by atoms with Crippen LogP contribution in [0.1, 0.15) is 10.8 Å². The van der Waals surface area contributed by atoms with Gasteiger partial charge < -0.3 is 4.74 Å². The highest BCUT2D eigenvalue weighted by Gasteiger charge is 2.31. The van der Waals surface area contributed by atoms with Gasteiger partial charge in [-0.05, 0) is 35.2 Å². The molecule has 154 valence electrons. The molecule has 6 nitrogen and oxygen atoms in total. The van der Waals surface area contributed by atoms with Crippen molar-refractivity contribution in [1.29, 1.82) is 0 Å². The van der Waals surface area contributed by atoms with E-state index in [-0.39, 0.29) is 20.7 Å². The molecule has 2 aromatic carbocycles. The average molecular weight is 472 g/mol. The van der Waals surface area contributed by atoms with Crippen LogP contribution in [0, 0.1) is 0 Å². The summed E-state index contributed by atoms with van der Waals surface area (Å²) in [5, 5.41) is 0.727. The van der Waals surface area contributed by atoms with E-state index < -0.39 is 25.1 Å². The highest BCUT2D eigenvalue weighted by molar-refractivity contribution is 7.93. The number of sulfone groups is 1. The van der Waals surface area contributed by atoms with Gasteiger partial charge in [-0.15, -0.1) is 11.3 Å². The molecule has 10 heteroatoms. The summed E-state index contributed by atoms with van der Waals surface area (Å²) >= 11 is 7.11. The second-order valence-electron chi connectivity index (χ2n) is 6.02. The number of ether oxygens (including phenoxy) is 1. The molecule has 0 bridgehead atoms. The number of benzene rings is 2. The molecule has 0 radical (unpaired) electrons. The maximum Gasteiger partial charge on any atom is 0.240 e. The Labute approximate surface area is 179 Å². The second kappa shape index (κ2) is 8.85. The monoisotopic (exact) mass is 471 g/mol. The topological polar surface area (TPSA) is 89.5 Å². The maximum absolute atomic E-state index is 13.1. The Kier molecular flexibility index (Phi) is 6.65. The standard InChI is InChI=1S/C19H18ClNO5S3/c1-26-17-10-9-15(12-16(17)20)29(24,25)21-13-18(14-6-3-2-4-7-14)28(22,23)19-8-5-11-27-19/h2-12,18,21H,13H2,1H3. The van der Waals surface area contributed by atoms with E-state index >= 15 is 0 Å². The largest absolute Gasteiger partial charge is 0.495 e. The van der Waals surface area contributed by atoms with Crippen molar-refractivity contribution in [3.8, 4) is 5.75 Å². The van der Waals surface area contributed by atoms with Gasteiger partial charge in [-0.1, -0.05) is 48.0 Å². The highest BCUT2D eigenvalue weighted by Crippen LogP contribution is 2.32. The summed E-state index contributed by atoms with van der Waals surface area (Å²) in [5.74, 6) is 0.341. The van der Waals surface area contributed by atoms with Crippen molar-refractivity contribution in [3.05, 3.63) is 76.6 Å². The van der Waals surface area contributed by atoms with Crippen LogP contribution in [0.3, 0.4) is 0 Å². The zero-order chi connectivity index (χ0) is 21.1. The number of hydrogen-bond donors (Lipinski definition) is 1. The van der Waals surface area contributed by atoms with Crippen LogP contribution in [0.5, 0.6) is 5.75 Å². The molecule has 0 saturated heterocycles. The van der Waals surface area contributed by atoms with Crippen LogP contribution in [0.15, 0.2) is 75.1 Å². The molecule has 1 aromatic heterocycles. The molecule has 0 saturated carbocycles. The van der Waals surface area contributed by atoms with E-state index in [2.05, 4.69) is 4.72 Å². The molecular formula is C19H18ClNO5S3. The van der Waals surface area contributed by atoms with Crippen molar-refractivity contribution in [1.82, 2.24) is 4.72 Å². The number of halogens is 1.